The van der Waals surface area contributed by atoms with Gasteiger partial charge in [-0.25, -0.2) is 16.8 Å². The molecule has 1 amide bonds. The number of rotatable bonds is 5. The number of carbonyl (C=O) groups is 1. The van der Waals surface area contributed by atoms with E-state index in [1.54, 1.807) is 0 Å². The van der Waals surface area contributed by atoms with Crippen molar-refractivity contribution in [2.45, 2.75) is 28.4 Å². The van der Waals surface area contributed by atoms with E-state index in [2.05, 4.69) is 5.73 Å². The van der Waals surface area contributed by atoms with Crippen molar-refractivity contribution in [3.8, 4) is 0 Å². The molecular weight excluding hydrogens is 344 g/mol. The highest BCUT2D eigenvalue weighted by atomic mass is 32.3. The molecule has 0 fully saturated rings. The molecule has 0 aromatic carbocycles. The maximum atomic E-state index is 12.2. The molecule has 120 valence electrons. The minimum Gasteiger partial charge on any atom is -0.370 e. The van der Waals surface area contributed by atoms with Crippen LogP contribution in [0.1, 0.15) is 12.8 Å². The first kappa shape index (κ1) is 18.9. The zero-order valence-electron chi connectivity index (χ0n) is 9.19. The first-order valence-electron chi connectivity index (χ1n) is 4.43. The minimum atomic E-state index is -6.69. The number of hydrogen-bond acceptors (Lipinski definition) is 5. The molecule has 0 aliphatic rings. The molecule has 0 rings (SSSR count). The Kier molecular flexibility index (Phi) is 5.10. The van der Waals surface area contributed by atoms with E-state index in [0.29, 0.717) is 0 Å². The summed E-state index contributed by atoms with van der Waals surface area (Å²) in [5.74, 6) is -1.45. The molecule has 0 saturated heterocycles. The SMILES string of the molecule is NC(=O)CCC(S(=O)(=O)C(F)(F)F)S(=O)(=O)C(F)(F)F. The van der Waals surface area contributed by atoms with Gasteiger partial charge < -0.3 is 5.73 Å². The minimum absolute atomic E-state index is 1.28. The lowest BCUT2D eigenvalue weighted by Crippen LogP contribution is -2.45. The number of halogens is 6. The van der Waals surface area contributed by atoms with Crippen molar-refractivity contribution >= 4 is 25.6 Å². The van der Waals surface area contributed by atoms with Crippen LogP contribution in [0.25, 0.3) is 0 Å². The van der Waals surface area contributed by atoms with Crippen molar-refractivity contribution in [3.63, 3.8) is 0 Å². The normalized spacial score (nSPS) is 14.6. The lowest BCUT2D eigenvalue weighted by molar-refractivity contribution is -0.118. The van der Waals surface area contributed by atoms with Gasteiger partial charge in [0.25, 0.3) is 19.7 Å². The maximum absolute atomic E-state index is 12.2. The van der Waals surface area contributed by atoms with Crippen LogP contribution in [0.15, 0.2) is 0 Å². The van der Waals surface area contributed by atoms with Gasteiger partial charge in [0.15, 0.2) is 4.58 Å². The largest absolute Gasteiger partial charge is 0.498 e. The van der Waals surface area contributed by atoms with Crippen molar-refractivity contribution < 1.29 is 48.0 Å². The van der Waals surface area contributed by atoms with Crippen LogP contribution < -0.4 is 5.73 Å². The molecule has 0 aliphatic heterocycles. The fraction of sp³-hybridized carbons (Fsp3) is 0.833. The molecule has 6 nitrogen and oxygen atoms in total. The lowest BCUT2D eigenvalue weighted by Gasteiger charge is -2.20. The van der Waals surface area contributed by atoms with Crippen molar-refractivity contribution in [1.29, 1.82) is 0 Å². The van der Waals surface area contributed by atoms with E-state index < -0.39 is 54.0 Å². The van der Waals surface area contributed by atoms with Crippen molar-refractivity contribution in [2.24, 2.45) is 5.73 Å². The second-order valence-corrected chi connectivity index (χ2v) is 7.96. The summed E-state index contributed by atoms with van der Waals surface area (Å²) in [6.45, 7) is 0. The summed E-state index contributed by atoms with van der Waals surface area (Å²) in [6, 6.07) is 0. The zero-order valence-corrected chi connectivity index (χ0v) is 10.8. The van der Waals surface area contributed by atoms with E-state index in [1.807, 2.05) is 0 Å². The van der Waals surface area contributed by atoms with Gasteiger partial charge in [-0.05, 0) is 6.42 Å². The van der Waals surface area contributed by atoms with Crippen LogP contribution in [0.5, 0.6) is 0 Å². The van der Waals surface area contributed by atoms with E-state index >= 15 is 0 Å². The molecule has 14 heteroatoms. The fourth-order valence-electron chi connectivity index (χ4n) is 1.04. The van der Waals surface area contributed by atoms with E-state index in [4.69, 9.17) is 0 Å². The van der Waals surface area contributed by atoms with Crippen LogP contribution in [0.2, 0.25) is 0 Å². The molecule has 2 N–H and O–H groups in total. The van der Waals surface area contributed by atoms with E-state index in [-0.39, 0.29) is 0 Å². The zero-order chi connectivity index (χ0) is 16.6. The first-order valence-corrected chi connectivity index (χ1v) is 7.53. The standard InChI is InChI=1S/C6H7F6NO5S2/c7-5(8,9)19(15,16)4(2-1-3(13)14)20(17,18)6(10,11)12/h4H,1-2H2,(H2,13,14). The third kappa shape index (κ3) is 3.74. The van der Waals surface area contributed by atoms with Gasteiger partial charge in [-0.3, -0.25) is 4.79 Å². The summed E-state index contributed by atoms with van der Waals surface area (Å²) in [7, 11) is -13.4. The molecule has 0 bridgehead atoms. The molecule has 0 aromatic heterocycles. The van der Waals surface area contributed by atoms with Crippen molar-refractivity contribution in [2.75, 3.05) is 0 Å². The monoisotopic (exact) mass is 351 g/mol. The number of alkyl halides is 6. The van der Waals surface area contributed by atoms with Gasteiger partial charge in [-0.1, -0.05) is 0 Å². The molecule has 0 saturated carbocycles. The van der Waals surface area contributed by atoms with Crippen LogP contribution in [-0.4, -0.2) is 38.3 Å². The van der Waals surface area contributed by atoms with Gasteiger partial charge in [0.05, 0.1) is 0 Å². The van der Waals surface area contributed by atoms with Crippen LogP contribution in [0.3, 0.4) is 0 Å². The molecule has 0 spiro atoms. The van der Waals surface area contributed by atoms with Crippen molar-refractivity contribution in [1.82, 2.24) is 0 Å². The van der Waals surface area contributed by atoms with Crippen LogP contribution in [0.4, 0.5) is 26.3 Å². The molecule has 0 unspecified atom stereocenters. The molecule has 0 atom stereocenters. The summed E-state index contributed by atoms with van der Waals surface area (Å²) in [5.41, 5.74) is -8.00. The summed E-state index contributed by atoms with van der Waals surface area (Å²) < 4.78 is 113. The summed E-state index contributed by atoms with van der Waals surface area (Å²) in [4.78, 5) is 10.3. The highest BCUT2D eigenvalue weighted by Gasteiger charge is 2.62. The molecule has 0 heterocycles. The Morgan fingerprint density at radius 1 is 0.900 bits per heavy atom. The van der Waals surface area contributed by atoms with Gasteiger partial charge in [0.2, 0.25) is 5.91 Å². The Balaban J connectivity index is 5.97. The summed E-state index contributed by atoms with van der Waals surface area (Å²) >= 11 is 0. The summed E-state index contributed by atoms with van der Waals surface area (Å²) in [6.07, 6.45) is -3.03. The third-order valence-corrected chi connectivity index (χ3v) is 6.63. The number of sulfone groups is 2. The number of amides is 1. The maximum Gasteiger partial charge on any atom is 0.498 e. The smallest absolute Gasteiger partial charge is 0.370 e. The molecule has 20 heavy (non-hydrogen) atoms. The Labute approximate surface area is 108 Å². The Morgan fingerprint density at radius 3 is 1.40 bits per heavy atom. The highest BCUT2D eigenvalue weighted by Crippen LogP contribution is 2.37. The van der Waals surface area contributed by atoms with Gasteiger partial charge in [0.1, 0.15) is 0 Å². The molecule has 0 aromatic rings. The van der Waals surface area contributed by atoms with Gasteiger partial charge >= 0.3 is 11.0 Å². The van der Waals surface area contributed by atoms with Crippen LogP contribution >= 0.6 is 0 Å². The molecule has 0 radical (unpaired) electrons. The highest BCUT2D eigenvalue weighted by molar-refractivity contribution is 8.09. The number of hydrogen-bond donors (Lipinski definition) is 1. The fourth-order valence-corrected chi connectivity index (χ4v) is 4.48. The number of primary amides is 1. The van der Waals surface area contributed by atoms with Gasteiger partial charge in [-0.15, -0.1) is 0 Å². The molecule has 0 aliphatic carbocycles. The Hall–Kier alpha value is -1.05. The summed E-state index contributed by atoms with van der Waals surface area (Å²) in [5, 5.41) is 0. The second kappa shape index (κ2) is 5.38. The lowest BCUT2D eigenvalue weighted by atomic mass is 10.3. The number of carbonyl (C=O) groups excluding carboxylic acids is 1. The predicted octanol–water partition coefficient (Wildman–Crippen LogP) is 0.447. The average Bonchev–Trinajstić information content (AvgIpc) is 2.12. The van der Waals surface area contributed by atoms with Gasteiger partial charge in [0, 0.05) is 6.42 Å². The van der Waals surface area contributed by atoms with Gasteiger partial charge in [-0.2, -0.15) is 26.3 Å². The van der Waals surface area contributed by atoms with E-state index in [1.165, 1.54) is 0 Å². The van der Waals surface area contributed by atoms with Crippen LogP contribution in [-0.2, 0) is 24.5 Å². The van der Waals surface area contributed by atoms with E-state index in [9.17, 15) is 48.0 Å². The second-order valence-electron chi connectivity index (χ2n) is 3.42. The first-order chi connectivity index (χ1) is 8.55. The van der Waals surface area contributed by atoms with Crippen LogP contribution in [0, 0.1) is 0 Å². The quantitative estimate of drug-likeness (QED) is 0.723. The third-order valence-electron chi connectivity index (χ3n) is 1.96. The predicted molar refractivity (Wildman–Crippen MR) is 52.2 cm³/mol. The van der Waals surface area contributed by atoms with Crippen molar-refractivity contribution in [3.05, 3.63) is 0 Å². The number of nitrogens with two attached hydrogens (primary N) is 1. The Bertz CT molecular complexity index is 530. The topological polar surface area (TPSA) is 111 Å². The Morgan fingerprint density at radius 2 is 1.20 bits per heavy atom. The molecular formula is C6H7F6NO5S2. The average molecular weight is 351 g/mol. The van der Waals surface area contributed by atoms with E-state index in [0.717, 1.165) is 0 Å².